The minimum Gasteiger partial charge on any atom is -0.350 e. The van der Waals surface area contributed by atoms with Crippen LogP contribution >= 0.6 is 0 Å². The Kier molecular flexibility index (Phi) is 4.73. The Balaban J connectivity index is 1.50. The van der Waals surface area contributed by atoms with Crippen LogP contribution in [0, 0.1) is 0 Å². The van der Waals surface area contributed by atoms with Gasteiger partial charge < -0.3 is 5.32 Å². The number of fused-ring (bicyclic) bond motifs is 1. The molecule has 3 aromatic rings. The Morgan fingerprint density at radius 2 is 1.92 bits per heavy atom. The van der Waals surface area contributed by atoms with Crippen LogP contribution in [0.3, 0.4) is 0 Å². The van der Waals surface area contributed by atoms with E-state index in [1.165, 1.54) is 24.1 Å². The highest BCUT2D eigenvalue weighted by Crippen LogP contribution is 2.30. The Bertz CT molecular complexity index is 889. The summed E-state index contributed by atoms with van der Waals surface area (Å²) in [5, 5.41) is 7.81. The molecule has 0 saturated carbocycles. The number of amides is 1. The van der Waals surface area contributed by atoms with E-state index < -0.39 is 0 Å². The molecule has 26 heavy (non-hydrogen) atoms. The summed E-state index contributed by atoms with van der Waals surface area (Å²) < 4.78 is 2.06. The van der Waals surface area contributed by atoms with E-state index in [1.807, 2.05) is 12.1 Å². The third-order valence-corrected chi connectivity index (χ3v) is 4.74. The zero-order chi connectivity index (χ0) is 17.8. The first-order chi connectivity index (χ1) is 12.8. The molecule has 0 bridgehead atoms. The van der Waals surface area contributed by atoms with Crippen molar-refractivity contribution in [2.24, 2.45) is 0 Å². The van der Waals surface area contributed by atoms with Gasteiger partial charge in [0.1, 0.15) is 0 Å². The number of nitrogens with one attached hydrogen (secondary N) is 1. The lowest BCUT2D eigenvalue weighted by Gasteiger charge is -2.14. The van der Waals surface area contributed by atoms with Crippen LogP contribution in [0.25, 0.3) is 11.3 Å². The fourth-order valence-corrected chi connectivity index (χ4v) is 3.47. The number of hydrogen-bond donors (Lipinski definition) is 1. The average molecular weight is 347 g/mol. The van der Waals surface area contributed by atoms with Crippen molar-refractivity contribution in [1.29, 1.82) is 0 Å². The van der Waals surface area contributed by atoms with Crippen molar-refractivity contribution in [3.63, 3.8) is 0 Å². The highest BCUT2D eigenvalue weighted by molar-refractivity contribution is 5.93. The molecule has 6 nitrogen and oxygen atoms in total. The van der Waals surface area contributed by atoms with Crippen molar-refractivity contribution in [3.8, 4) is 11.3 Å². The summed E-state index contributed by atoms with van der Waals surface area (Å²) in [6.45, 7) is 1.21. The molecule has 0 aliphatic heterocycles. The third-order valence-electron chi connectivity index (χ3n) is 4.74. The summed E-state index contributed by atoms with van der Waals surface area (Å²) in [6, 6.07) is 7.54. The number of rotatable bonds is 5. The van der Waals surface area contributed by atoms with Gasteiger partial charge in [0.2, 0.25) is 0 Å². The standard InChI is InChI=1S/C20H21N5O/c26-20(16-4-3-9-22-14-16)23-12-13-25-18-6-2-1-5-17(18)19(24-25)15-7-10-21-11-8-15/h3-4,7-11,14H,1-2,5-6,12-13H2,(H,23,26). The Morgan fingerprint density at radius 3 is 2.73 bits per heavy atom. The fraction of sp³-hybridized carbons (Fsp3) is 0.300. The smallest absolute Gasteiger partial charge is 0.252 e. The minimum atomic E-state index is -0.103. The van der Waals surface area contributed by atoms with E-state index >= 15 is 0 Å². The van der Waals surface area contributed by atoms with Crippen LogP contribution in [0.15, 0.2) is 49.1 Å². The molecule has 6 heteroatoms. The molecule has 0 atom stereocenters. The van der Waals surface area contributed by atoms with Gasteiger partial charge in [0.25, 0.3) is 5.91 Å². The van der Waals surface area contributed by atoms with Gasteiger partial charge in [-0.15, -0.1) is 0 Å². The quantitative estimate of drug-likeness (QED) is 0.770. The van der Waals surface area contributed by atoms with Crippen LogP contribution in [0.1, 0.15) is 34.5 Å². The molecule has 0 unspecified atom stereocenters. The predicted octanol–water partition coefficient (Wildman–Crippen LogP) is 2.65. The van der Waals surface area contributed by atoms with Gasteiger partial charge in [0, 0.05) is 48.2 Å². The van der Waals surface area contributed by atoms with Crippen LogP contribution < -0.4 is 5.32 Å². The summed E-state index contributed by atoms with van der Waals surface area (Å²) in [7, 11) is 0. The first-order valence-electron chi connectivity index (χ1n) is 9.00. The number of pyridine rings is 2. The van der Waals surface area contributed by atoms with Crippen molar-refractivity contribution in [1.82, 2.24) is 25.1 Å². The summed E-state index contributed by atoms with van der Waals surface area (Å²) >= 11 is 0. The molecule has 0 aromatic carbocycles. The molecule has 1 aliphatic rings. The number of carbonyl (C=O) groups excluding carboxylic acids is 1. The van der Waals surface area contributed by atoms with Crippen LogP contribution in [0.2, 0.25) is 0 Å². The molecule has 132 valence electrons. The zero-order valence-electron chi connectivity index (χ0n) is 14.6. The summed E-state index contributed by atoms with van der Waals surface area (Å²) in [4.78, 5) is 20.2. The lowest BCUT2D eigenvalue weighted by Crippen LogP contribution is -2.28. The molecule has 1 amide bonds. The van der Waals surface area contributed by atoms with Crippen LogP contribution in [-0.2, 0) is 19.4 Å². The topological polar surface area (TPSA) is 72.7 Å². The monoisotopic (exact) mass is 347 g/mol. The molecular weight excluding hydrogens is 326 g/mol. The second-order valence-corrected chi connectivity index (χ2v) is 6.44. The van der Waals surface area contributed by atoms with Gasteiger partial charge in [-0.05, 0) is 49.9 Å². The molecule has 0 saturated heterocycles. The maximum atomic E-state index is 12.2. The van der Waals surface area contributed by atoms with E-state index in [4.69, 9.17) is 5.10 Å². The number of hydrogen-bond acceptors (Lipinski definition) is 4. The number of carbonyl (C=O) groups is 1. The van der Waals surface area contributed by atoms with Gasteiger partial charge >= 0.3 is 0 Å². The molecule has 1 N–H and O–H groups in total. The molecule has 1 aliphatic carbocycles. The van der Waals surface area contributed by atoms with Crippen molar-refractivity contribution >= 4 is 5.91 Å². The van der Waals surface area contributed by atoms with E-state index in [9.17, 15) is 4.79 Å². The second-order valence-electron chi connectivity index (χ2n) is 6.44. The van der Waals surface area contributed by atoms with Crippen LogP contribution in [0.4, 0.5) is 0 Å². The van der Waals surface area contributed by atoms with Gasteiger partial charge in [-0.25, -0.2) is 0 Å². The lowest BCUT2D eigenvalue weighted by molar-refractivity contribution is 0.0951. The molecule has 4 rings (SSSR count). The molecule has 0 fully saturated rings. The summed E-state index contributed by atoms with van der Waals surface area (Å²) in [6.07, 6.45) is 11.3. The zero-order valence-corrected chi connectivity index (χ0v) is 14.6. The molecular formula is C20H21N5O. The van der Waals surface area contributed by atoms with Crippen LogP contribution in [-0.4, -0.2) is 32.2 Å². The lowest BCUT2D eigenvalue weighted by atomic mass is 9.94. The maximum absolute atomic E-state index is 12.2. The van der Waals surface area contributed by atoms with E-state index in [1.54, 1.807) is 36.9 Å². The minimum absolute atomic E-state index is 0.103. The average Bonchev–Trinajstić information content (AvgIpc) is 3.08. The van der Waals surface area contributed by atoms with Gasteiger partial charge in [-0.1, -0.05) is 0 Å². The molecule has 0 spiro atoms. The molecule has 3 heterocycles. The molecule has 3 aromatic heterocycles. The number of nitrogens with zero attached hydrogens (tertiary/aromatic N) is 4. The van der Waals surface area contributed by atoms with Gasteiger partial charge in [0.05, 0.1) is 17.8 Å². The van der Waals surface area contributed by atoms with E-state index in [-0.39, 0.29) is 5.91 Å². The third kappa shape index (κ3) is 3.35. The number of aromatic nitrogens is 4. The fourth-order valence-electron chi connectivity index (χ4n) is 3.47. The summed E-state index contributed by atoms with van der Waals surface area (Å²) in [5.74, 6) is -0.103. The van der Waals surface area contributed by atoms with Crippen molar-refractivity contribution in [2.45, 2.75) is 32.2 Å². The van der Waals surface area contributed by atoms with Crippen molar-refractivity contribution in [2.75, 3.05) is 6.54 Å². The van der Waals surface area contributed by atoms with E-state index in [0.717, 1.165) is 24.1 Å². The van der Waals surface area contributed by atoms with Gasteiger partial charge in [-0.3, -0.25) is 19.4 Å². The Hall–Kier alpha value is -3.02. The first kappa shape index (κ1) is 16.4. The summed E-state index contributed by atoms with van der Waals surface area (Å²) in [5.41, 5.74) is 5.39. The van der Waals surface area contributed by atoms with Gasteiger partial charge in [0.15, 0.2) is 0 Å². The highest BCUT2D eigenvalue weighted by Gasteiger charge is 2.21. The first-order valence-corrected chi connectivity index (χ1v) is 9.00. The van der Waals surface area contributed by atoms with Crippen molar-refractivity contribution < 1.29 is 4.79 Å². The highest BCUT2D eigenvalue weighted by atomic mass is 16.1. The largest absolute Gasteiger partial charge is 0.350 e. The Morgan fingerprint density at radius 1 is 1.08 bits per heavy atom. The maximum Gasteiger partial charge on any atom is 0.252 e. The predicted molar refractivity (Wildman–Crippen MR) is 98.7 cm³/mol. The van der Waals surface area contributed by atoms with E-state index in [0.29, 0.717) is 18.7 Å². The van der Waals surface area contributed by atoms with Crippen molar-refractivity contribution in [3.05, 3.63) is 65.9 Å². The van der Waals surface area contributed by atoms with Gasteiger partial charge in [-0.2, -0.15) is 5.10 Å². The van der Waals surface area contributed by atoms with E-state index in [2.05, 4.69) is 20.0 Å². The normalized spacial score (nSPS) is 13.2. The SMILES string of the molecule is O=C(NCCn1nc(-c2ccncc2)c2c1CCCC2)c1cccnc1. The second kappa shape index (κ2) is 7.47. The van der Waals surface area contributed by atoms with Crippen LogP contribution in [0.5, 0.6) is 0 Å². The Labute approximate surface area is 152 Å². The molecule has 0 radical (unpaired) electrons.